The number of hydrogen-bond donors (Lipinski definition) is 1. The monoisotopic (exact) mass is 405 g/mol. The Balaban J connectivity index is 1.40. The Kier molecular flexibility index (Phi) is 5.02. The van der Waals surface area contributed by atoms with Crippen LogP contribution in [0.25, 0.3) is 10.2 Å². The number of aromatic amines is 1. The largest absolute Gasteiger partial charge is 0.356 e. The van der Waals surface area contributed by atoms with Crippen LogP contribution in [-0.2, 0) is 0 Å². The normalized spacial score (nSPS) is 14.3. The number of amides is 1. The highest BCUT2D eigenvalue weighted by Gasteiger charge is 2.21. The number of fused-ring (bicyclic) bond motifs is 1. The highest BCUT2D eigenvalue weighted by molar-refractivity contribution is 8.01. The number of hydrogen-bond acceptors (Lipinski definition) is 5. The van der Waals surface area contributed by atoms with Crippen LogP contribution in [0.2, 0.25) is 5.02 Å². The molecule has 1 aliphatic heterocycles. The summed E-state index contributed by atoms with van der Waals surface area (Å²) in [6, 6.07) is 7.24. The lowest BCUT2D eigenvalue weighted by molar-refractivity contribution is 0.0787. The molecule has 1 aliphatic rings. The second-order valence-electron chi connectivity index (χ2n) is 6.11. The van der Waals surface area contributed by atoms with Crippen molar-refractivity contribution < 1.29 is 9.59 Å². The number of carbonyl (C=O) groups excluding carboxylic acids is 2. The van der Waals surface area contributed by atoms with Crippen LogP contribution >= 0.6 is 34.7 Å². The molecule has 26 heavy (non-hydrogen) atoms. The molecule has 1 fully saturated rings. The summed E-state index contributed by atoms with van der Waals surface area (Å²) < 4.78 is 1.88. The van der Waals surface area contributed by atoms with Crippen LogP contribution in [-0.4, -0.2) is 45.4 Å². The highest BCUT2D eigenvalue weighted by Crippen LogP contribution is 2.31. The molecule has 0 unspecified atom stereocenters. The number of ketones is 1. The molecule has 0 radical (unpaired) electrons. The average Bonchev–Trinajstić information content (AvgIpc) is 3.38. The maximum atomic E-state index is 12.4. The number of nitrogens with one attached hydrogen (secondary N) is 1. The maximum absolute atomic E-state index is 12.4. The van der Waals surface area contributed by atoms with Crippen LogP contribution in [0.15, 0.2) is 34.8 Å². The molecule has 0 aliphatic carbocycles. The third-order valence-corrected chi connectivity index (χ3v) is 6.70. The molecule has 0 atom stereocenters. The minimum atomic E-state index is -0.0303. The molecule has 4 rings (SSSR count). The Hall–Kier alpha value is -1.83. The highest BCUT2D eigenvalue weighted by atomic mass is 35.5. The first kappa shape index (κ1) is 17.6. The molecular weight excluding hydrogens is 390 g/mol. The zero-order valence-electron chi connectivity index (χ0n) is 13.8. The number of likely N-dealkylation sites (tertiary alicyclic amines) is 1. The fourth-order valence-corrected chi connectivity index (χ4v) is 5.03. The van der Waals surface area contributed by atoms with Gasteiger partial charge in [-0.1, -0.05) is 23.4 Å². The van der Waals surface area contributed by atoms with E-state index in [0.29, 0.717) is 16.3 Å². The summed E-state index contributed by atoms with van der Waals surface area (Å²) in [6.07, 6.45) is 3.70. The van der Waals surface area contributed by atoms with E-state index in [0.717, 1.165) is 40.5 Å². The first-order valence-electron chi connectivity index (χ1n) is 8.30. The second kappa shape index (κ2) is 7.42. The maximum Gasteiger partial charge on any atom is 0.270 e. The van der Waals surface area contributed by atoms with Crippen LogP contribution < -0.4 is 0 Å². The molecule has 1 N–H and O–H groups in total. The molecule has 5 nitrogen and oxygen atoms in total. The van der Waals surface area contributed by atoms with Crippen molar-refractivity contribution in [3.63, 3.8) is 0 Å². The Bertz CT molecular complexity index is 976. The molecule has 3 heterocycles. The summed E-state index contributed by atoms with van der Waals surface area (Å²) in [4.78, 5) is 34.0. The smallest absolute Gasteiger partial charge is 0.270 e. The summed E-state index contributed by atoms with van der Waals surface area (Å²) >= 11 is 8.93. The molecular formula is C18H16ClN3O2S2. The van der Waals surface area contributed by atoms with Gasteiger partial charge >= 0.3 is 0 Å². The van der Waals surface area contributed by atoms with Gasteiger partial charge in [-0.2, -0.15) is 0 Å². The fraction of sp³-hybridized carbons (Fsp3) is 0.278. The van der Waals surface area contributed by atoms with Gasteiger partial charge in [-0.05, 0) is 37.1 Å². The van der Waals surface area contributed by atoms with Gasteiger partial charge in [0.1, 0.15) is 5.69 Å². The Morgan fingerprint density at radius 1 is 1.27 bits per heavy atom. The van der Waals surface area contributed by atoms with E-state index in [4.69, 9.17) is 11.6 Å². The van der Waals surface area contributed by atoms with E-state index in [1.165, 1.54) is 11.8 Å². The van der Waals surface area contributed by atoms with Crippen molar-refractivity contribution in [3.8, 4) is 0 Å². The molecule has 8 heteroatoms. The zero-order chi connectivity index (χ0) is 18.1. The molecule has 1 amide bonds. The van der Waals surface area contributed by atoms with Gasteiger partial charge in [0.25, 0.3) is 5.91 Å². The molecule has 0 spiro atoms. The van der Waals surface area contributed by atoms with E-state index >= 15 is 0 Å². The minimum absolute atomic E-state index is 0.0241. The first-order valence-corrected chi connectivity index (χ1v) is 10.5. The standard InChI is InChI=1S/C18H16ClN3O2S2/c19-12-3-4-16-13(8-12)21-18(26-16)25-10-15(23)11-7-14(20-9-11)17(24)22-5-1-2-6-22/h3-4,7-9,20H,1-2,5-6,10H2. The molecule has 0 bridgehead atoms. The Labute approximate surface area is 163 Å². The van der Waals surface area contributed by atoms with Gasteiger partial charge in [0.15, 0.2) is 10.1 Å². The summed E-state index contributed by atoms with van der Waals surface area (Å²) in [5.74, 6) is 0.226. The van der Waals surface area contributed by atoms with Gasteiger partial charge in [0, 0.05) is 29.9 Å². The number of carbonyl (C=O) groups is 2. The van der Waals surface area contributed by atoms with Crippen LogP contribution in [0.5, 0.6) is 0 Å². The van der Waals surface area contributed by atoms with Crippen molar-refractivity contribution in [1.29, 1.82) is 0 Å². The molecule has 1 saturated heterocycles. The SMILES string of the molecule is O=C(CSc1nc2cc(Cl)ccc2s1)c1c[nH]c(C(=O)N2CCCC2)c1. The van der Waals surface area contributed by atoms with Gasteiger partial charge in [-0.25, -0.2) is 4.98 Å². The quantitative estimate of drug-likeness (QED) is 0.501. The molecule has 2 aromatic heterocycles. The number of halogens is 1. The Morgan fingerprint density at radius 3 is 2.88 bits per heavy atom. The van der Waals surface area contributed by atoms with Crippen LogP contribution in [0.4, 0.5) is 0 Å². The van der Waals surface area contributed by atoms with Gasteiger partial charge < -0.3 is 9.88 Å². The number of Topliss-reactive ketones (excluding diaryl/α,β-unsaturated/α-hetero) is 1. The molecule has 0 saturated carbocycles. The summed E-state index contributed by atoms with van der Waals surface area (Å²) in [5, 5.41) is 0.651. The van der Waals surface area contributed by atoms with Crippen molar-refractivity contribution in [3.05, 3.63) is 46.7 Å². The third kappa shape index (κ3) is 3.65. The third-order valence-electron chi connectivity index (χ3n) is 4.29. The molecule has 134 valence electrons. The summed E-state index contributed by atoms with van der Waals surface area (Å²) in [6.45, 7) is 1.58. The van der Waals surface area contributed by atoms with Crippen molar-refractivity contribution >= 4 is 56.6 Å². The summed E-state index contributed by atoms with van der Waals surface area (Å²) in [7, 11) is 0. The van der Waals surface area contributed by atoms with Gasteiger partial charge in [-0.3, -0.25) is 9.59 Å². The van der Waals surface area contributed by atoms with Crippen molar-refractivity contribution in [2.75, 3.05) is 18.8 Å². The van der Waals surface area contributed by atoms with Gasteiger partial charge in [0.2, 0.25) is 0 Å². The predicted molar refractivity (Wildman–Crippen MR) is 106 cm³/mol. The second-order valence-corrected chi connectivity index (χ2v) is 8.79. The van der Waals surface area contributed by atoms with E-state index in [2.05, 4.69) is 9.97 Å². The van der Waals surface area contributed by atoms with E-state index in [1.807, 2.05) is 23.1 Å². The first-order chi connectivity index (χ1) is 12.6. The lowest BCUT2D eigenvalue weighted by Crippen LogP contribution is -2.27. The van der Waals surface area contributed by atoms with Gasteiger partial charge in [-0.15, -0.1) is 11.3 Å². The van der Waals surface area contributed by atoms with E-state index in [9.17, 15) is 9.59 Å². The van der Waals surface area contributed by atoms with Crippen molar-refractivity contribution in [2.24, 2.45) is 0 Å². The number of benzene rings is 1. The predicted octanol–water partition coefficient (Wildman–Crippen LogP) is 4.49. The topological polar surface area (TPSA) is 66.1 Å². The van der Waals surface area contributed by atoms with E-state index < -0.39 is 0 Å². The van der Waals surface area contributed by atoms with Gasteiger partial charge in [0.05, 0.1) is 16.0 Å². The number of thiazole rings is 1. The lowest BCUT2D eigenvalue weighted by atomic mass is 10.2. The fourth-order valence-electron chi connectivity index (χ4n) is 2.92. The van der Waals surface area contributed by atoms with E-state index in [1.54, 1.807) is 23.6 Å². The van der Waals surface area contributed by atoms with Crippen LogP contribution in [0.1, 0.15) is 33.7 Å². The number of aromatic nitrogens is 2. The number of thioether (sulfide) groups is 1. The Morgan fingerprint density at radius 2 is 2.08 bits per heavy atom. The van der Waals surface area contributed by atoms with Crippen molar-refractivity contribution in [1.82, 2.24) is 14.9 Å². The van der Waals surface area contributed by atoms with Crippen molar-refractivity contribution in [2.45, 2.75) is 17.2 Å². The summed E-state index contributed by atoms with van der Waals surface area (Å²) in [5.41, 5.74) is 1.86. The zero-order valence-corrected chi connectivity index (χ0v) is 16.2. The number of H-pyrrole nitrogens is 1. The number of nitrogens with zero attached hydrogens (tertiary/aromatic N) is 2. The lowest BCUT2D eigenvalue weighted by Gasteiger charge is -2.13. The van der Waals surface area contributed by atoms with Crippen LogP contribution in [0.3, 0.4) is 0 Å². The van der Waals surface area contributed by atoms with Crippen LogP contribution in [0, 0.1) is 0 Å². The molecule has 3 aromatic rings. The number of rotatable bonds is 5. The minimum Gasteiger partial charge on any atom is -0.356 e. The van der Waals surface area contributed by atoms with E-state index in [-0.39, 0.29) is 17.4 Å². The average molecular weight is 406 g/mol. The molecule has 1 aromatic carbocycles.